The van der Waals surface area contributed by atoms with E-state index in [1.807, 2.05) is 0 Å². The van der Waals surface area contributed by atoms with E-state index in [2.05, 4.69) is 15.6 Å². The second-order valence-electron chi connectivity index (χ2n) is 6.96. The number of rotatable bonds is 11. The zero-order chi connectivity index (χ0) is 18.7. The fourth-order valence-electron chi connectivity index (χ4n) is 3.16. The average Bonchev–Trinajstić information content (AvgIpc) is 2.63. The van der Waals surface area contributed by atoms with Gasteiger partial charge in [-0.1, -0.05) is 6.42 Å². The predicted octanol–water partition coefficient (Wildman–Crippen LogP) is 3.97. The molecule has 7 heteroatoms. The first-order chi connectivity index (χ1) is 12.7. The van der Waals surface area contributed by atoms with Crippen LogP contribution in [-0.2, 0) is 4.74 Å². The van der Waals surface area contributed by atoms with Crippen LogP contribution in [0.3, 0.4) is 0 Å². The van der Waals surface area contributed by atoms with E-state index in [0.29, 0.717) is 17.8 Å². The largest absolute Gasteiger partial charge is 0.494 e. The highest BCUT2D eigenvalue weighted by Crippen LogP contribution is 2.43. The number of guanidine groups is 1. The molecule has 1 aliphatic rings. The van der Waals surface area contributed by atoms with Crippen molar-refractivity contribution in [3.05, 3.63) is 30.1 Å². The molecule has 0 aromatic heterocycles. The van der Waals surface area contributed by atoms with Crippen molar-refractivity contribution in [3.63, 3.8) is 0 Å². The third kappa shape index (κ3) is 8.64. The smallest absolute Gasteiger partial charge is 0.190 e. The topological polar surface area (TPSA) is 54.9 Å². The predicted molar refractivity (Wildman–Crippen MR) is 119 cm³/mol. The SMILES string of the molecule is CN=C(NCCCCOc1ccc(F)cc1)NCC1(CCOC)CCC1.I. The lowest BCUT2D eigenvalue weighted by Crippen LogP contribution is -2.47. The summed E-state index contributed by atoms with van der Waals surface area (Å²) in [6.45, 7) is 3.24. The second kappa shape index (κ2) is 13.1. The summed E-state index contributed by atoms with van der Waals surface area (Å²) in [5.74, 6) is 1.32. The number of halogens is 2. The van der Waals surface area contributed by atoms with Crippen LogP contribution in [0.2, 0.25) is 0 Å². The molecule has 0 amide bonds. The monoisotopic (exact) mass is 493 g/mol. The summed E-state index contributed by atoms with van der Waals surface area (Å²) in [5, 5.41) is 6.81. The van der Waals surface area contributed by atoms with Crippen molar-refractivity contribution in [2.75, 3.05) is 40.5 Å². The molecule has 2 rings (SSSR count). The fraction of sp³-hybridized carbons (Fsp3) is 0.650. The summed E-state index contributed by atoms with van der Waals surface area (Å²) in [5.41, 5.74) is 0.372. The van der Waals surface area contributed by atoms with Crippen LogP contribution in [-0.4, -0.2) is 46.4 Å². The van der Waals surface area contributed by atoms with Crippen molar-refractivity contribution < 1.29 is 13.9 Å². The van der Waals surface area contributed by atoms with Gasteiger partial charge in [0.15, 0.2) is 5.96 Å². The first-order valence-corrected chi connectivity index (χ1v) is 9.49. The molecule has 2 N–H and O–H groups in total. The van der Waals surface area contributed by atoms with E-state index < -0.39 is 0 Å². The van der Waals surface area contributed by atoms with Crippen LogP contribution in [0.4, 0.5) is 4.39 Å². The molecular weight excluding hydrogens is 460 g/mol. The fourth-order valence-corrected chi connectivity index (χ4v) is 3.16. The lowest BCUT2D eigenvalue weighted by molar-refractivity contribution is 0.0732. The molecule has 0 aliphatic heterocycles. The maximum atomic E-state index is 12.8. The Balaban J connectivity index is 0.00000364. The van der Waals surface area contributed by atoms with E-state index in [9.17, 15) is 4.39 Å². The van der Waals surface area contributed by atoms with Crippen LogP contribution in [0.15, 0.2) is 29.3 Å². The molecule has 0 heterocycles. The van der Waals surface area contributed by atoms with E-state index in [1.165, 1.54) is 31.4 Å². The van der Waals surface area contributed by atoms with Gasteiger partial charge in [-0.2, -0.15) is 0 Å². The van der Waals surface area contributed by atoms with Gasteiger partial charge in [-0.15, -0.1) is 24.0 Å². The lowest BCUT2D eigenvalue weighted by Gasteiger charge is -2.42. The van der Waals surface area contributed by atoms with Gasteiger partial charge in [0.2, 0.25) is 0 Å². The van der Waals surface area contributed by atoms with Gasteiger partial charge in [-0.3, -0.25) is 4.99 Å². The Morgan fingerprint density at radius 1 is 1.15 bits per heavy atom. The molecule has 5 nitrogen and oxygen atoms in total. The summed E-state index contributed by atoms with van der Waals surface area (Å²) in [7, 11) is 3.57. The molecule has 1 aliphatic carbocycles. The standard InChI is InChI=1S/C20H32FN3O2.HI/c1-22-19(24-16-20(10-5-11-20)12-15-25-2)23-13-3-4-14-26-18-8-6-17(21)7-9-18;/h6-9H,3-5,10-16H2,1-2H3,(H2,22,23,24);1H. The van der Waals surface area contributed by atoms with Crippen molar-refractivity contribution in [2.24, 2.45) is 10.4 Å². The Morgan fingerprint density at radius 3 is 2.48 bits per heavy atom. The van der Waals surface area contributed by atoms with E-state index in [-0.39, 0.29) is 29.8 Å². The van der Waals surface area contributed by atoms with Crippen LogP contribution < -0.4 is 15.4 Å². The molecule has 1 aromatic rings. The molecule has 0 saturated heterocycles. The Bertz CT molecular complexity index is 551. The van der Waals surface area contributed by atoms with Crippen molar-refractivity contribution >= 4 is 29.9 Å². The number of nitrogens with zero attached hydrogens (tertiary/aromatic N) is 1. The van der Waals surface area contributed by atoms with Crippen LogP contribution in [0.5, 0.6) is 5.75 Å². The molecule has 0 unspecified atom stereocenters. The second-order valence-corrected chi connectivity index (χ2v) is 6.96. The molecule has 154 valence electrons. The Morgan fingerprint density at radius 2 is 1.89 bits per heavy atom. The number of methoxy groups -OCH3 is 1. The first-order valence-electron chi connectivity index (χ1n) is 9.49. The molecule has 0 atom stereocenters. The number of unbranched alkanes of at least 4 members (excludes halogenated alkanes) is 1. The molecule has 0 radical (unpaired) electrons. The maximum Gasteiger partial charge on any atom is 0.190 e. The molecule has 27 heavy (non-hydrogen) atoms. The molecule has 1 aromatic carbocycles. The minimum absolute atomic E-state index is 0. The summed E-state index contributed by atoms with van der Waals surface area (Å²) in [6, 6.07) is 6.13. The van der Waals surface area contributed by atoms with E-state index >= 15 is 0 Å². The van der Waals surface area contributed by atoms with Gasteiger partial charge in [-0.05, 0) is 61.8 Å². The highest BCUT2D eigenvalue weighted by Gasteiger charge is 2.36. The van der Waals surface area contributed by atoms with Gasteiger partial charge >= 0.3 is 0 Å². The number of hydrogen-bond acceptors (Lipinski definition) is 3. The van der Waals surface area contributed by atoms with Gasteiger partial charge in [0.05, 0.1) is 6.61 Å². The van der Waals surface area contributed by atoms with Crippen molar-refractivity contribution in [1.82, 2.24) is 10.6 Å². The molecule has 1 saturated carbocycles. The van der Waals surface area contributed by atoms with Crippen LogP contribution >= 0.6 is 24.0 Å². The van der Waals surface area contributed by atoms with Crippen LogP contribution in [0.25, 0.3) is 0 Å². The van der Waals surface area contributed by atoms with Crippen molar-refractivity contribution in [2.45, 2.75) is 38.5 Å². The first kappa shape index (κ1) is 23.9. The zero-order valence-corrected chi connectivity index (χ0v) is 18.8. The van der Waals surface area contributed by atoms with Gasteiger partial charge in [0.1, 0.15) is 11.6 Å². The normalized spacial score (nSPS) is 15.4. The third-order valence-electron chi connectivity index (χ3n) is 5.05. The van der Waals surface area contributed by atoms with E-state index in [4.69, 9.17) is 9.47 Å². The van der Waals surface area contributed by atoms with Gasteiger partial charge in [-0.25, -0.2) is 4.39 Å². The molecular formula is C20H33FIN3O2. The summed E-state index contributed by atoms with van der Waals surface area (Å²) in [6.07, 6.45) is 6.86. The van der Waals surface area contributed by atoms with Gasteiger partial charge in [0, 0.05) is 33.9 Å². The van der Waals surface area contributed by atoms with Gasteiger partial charge in [0.25, 0.3) is 0 Å². The Labute approximate surface area is 179 Å². The number of nitrogens with one attached hydrogen (secondary N) is 2. The minimum atomic E-state index is -0.244. The van der Waals surface area contributed by atoms with Crippen LogP contribution in [0.1, 0.15) is 38.5 Å². The zero-order valence-electron chi connectivity index (χ0n) is 16.4. The summed E-state index contributed by atoms with van der Waals surface area (Å²) < 4.78 is 23.7. The Kier molecular flexibility index (Phi) is 11.7. The molecule has 0 bridgehead atoms. The third-order valence-corrected chi connectivity index (χ3v) is 5.05. The Hall–Kier alpha value is -1.09. The summed E-state index contributed by atoms with van der Waals surface area (Å²) in [4.78, 5) is 4.30. The van der Waals surface area contributed by atoms with Crippen LogP contribution in [0, 0.1) is 11.2 Å². The van der Waals surface area contributed by atoms with Crippen molar-refractivity contribution in [1.29, 1.82) is 0 Å². The number of hydrogen-bond donors (Lipinski definition) is 2. The average molecular weight is 493 g/mol. The summed E-state index contributed by atoms with van der Waals surface area (Å²) >= 11 is 0. The minimum Gasteiger partial charge on any atom is -0.494 e. The van der Waals surface area contributed by atoms with E-state index in [1.54, 1.807) is 26.3 Å². The highest BCUT2D eigenvalue weighted by molar-refractivity contribution is 14.0. The lowest BCUT2D eigenvalue weighted by atomic mass is 9.67. The molecule has 1 fully saturated rings. The van der Waals surface area contributed by atoms with Crippen molar-refractivity contribution in [3.8, 4) is 5.75 Å². The van der Waals surface area contributed by atoms with Gasteiger partial charge < -0.3 is 20.1 Å². The highest BCUT2D eigenvalue weighted by atomic mass is 127. The quantitative estimate of drug-likeness (QED) is 0.212. The maximum absolute atomic E-state index is 12.8. The number of benzene rings is 1. The number of ether oxygens (including phenoxy) is 2. The molecule has 0 spiro atoms. The number of aliphatic imine (C=N–C) groups is 1. The van der Waals surface area contributed by atoms with E-state index in [0.717, 1.165) is 44.9 Å².